The van der Waals surface area contributed by atoms with E-state index in [0.29, 0.717) is 12.3 Å². The molecule has 25 heavy (non-hydrogen) atoms. The molecule has 1 saturated heterocycles. The molecule has 2 aromatic heterocycles. The van der Waals surface area contributed by atoms with Crippen LogP contribution >= 0.6 is 0 Å². The number of amides is 1. The van der Waals surface area contributed by atoms with E-state index in [-0.39, 0.29) is 11.9 Å². The monoisotopic (exact) mass is 341 g/mol. The molecule has 0 spiro atoms. The Morgan fingerprint density at radius 3 is 3.12 bits per heavy atom. The highest BCUT2D eigenvalue weighted by atomic mass is 16.5. The molecule has 0 N–H and O–H groups in total. The van der Waals surface area contributed by atoms with E-state index in [4.69, 9.17) is 4.74 Å². The molecule has 0 aromatic carbocycles. The minimum absolute atomic E-state index is 0.232. The fourth-order valence-electron chi connectivity index (χ4n) is 3.85. The molecule has 4 heterocycles. The van der Waals surface area contributed by atoms with Crippen LogP contribution in [0.5, 0.6) is 5.88 Å². The fourth-order valence-corrected chi connectivity index (χ4v) is 3.85. The maximum absolute atomic E-state index is 12.0. The first kappa shape index (κ1) is 16.1. The summed E-state index contributed by atoms with van der Waals surface area (Å²) >= 11 is 0. The molecular weight excluding hydrogens is 318 g/mol. The van der Waals surface area contributed by atoms with E-state index in [2.05, 4.69) is 25.5 Å². The summed E-state index contributed by atoms with van der Waals surface area (Å²) in [5.41, 5.74) is 2.26. The van der Waals surface area contributed by atoms with Gasteiger partial charge in [-0.05, 0) is 12.5 Å². The third-order valence-corrected chi connectivity index (χ3v) is 5.03. The van der Waals surface area contributed by atoms with Crippen LogP contribution in [0.4, 0.5) is 0 Å². The lowest BCUT2D eigenvalue weighted by Gasteiger charge is -2.36. The van der Waals surface area contributed by atoms with Gasteiger partial charge < -0.3 is 14.2 Å². The van der Waals surface area contributed by atoms with Crippen molar-refractivity contribution in [1.82, 2.24) is 24.3 Å². The van der Waals surface area contributed by atoms with Crippen LogP contribution in [-0.2, 0) is 17.9 Å². The van der Waals surface area contributed by atoms with Gasteiger partial charge in [0, 0.05) is 57.1 Å². The van der Waals surface area contributed by atoms with Crippen LogP contribution < -0.4 is 4.74 Å². The Morgan fingerprint density at radius 1 is 1.40 bits per heavy atom. The molecule has 2 aliphatic rings. The predicted molar refractivity (Wildman–Crippen MR) is 92.0 cm³/mol. The number of carbonyl (C=O) groups is 1. The quantitative estimate of drug-likeness (QED) is 0.824. The average Bonchev–Trinajstić information content (AvgIpc) is 3.25. The van der Waals surface area contributed by atoms with Gasteiger partial charge >= 0.3 is 0 Å². The molecule has 0 saturated carbocycles. The molecule has 0 radical (unpaired) electrons. The van der Waals surface area contributed by atoms with Crippen LogP contribution in [0.25, 0.3) is 0 Å². The van der Waals surface area contributed by atoms with E-state index in [1.165, 1.54) is 5.69 Å². The smallest absolute Gasteiger partial charge is 0.222 e. The van der Waals surface area contributed by atoms with Gasteiger partial charge in [0.25, 0.3) is 0 Å². The maximum Gasteiger partial charge on any atom is 0.222 e. The summed E-state index contributed by atoms with van der Waals surface area (Å²) in [6.07, 6.45) is 7.21. The standard InChI is InChI=1S/C18H23N5O2/c1-25-18-14(4-2-6-20-18)9-21-10-15-8-19-13-23(15)16(11-21)12-22-7-3-5-17(22)24/h2,4,6,8,13,16H,3,5,7,9-12H2,1H3/t16-/m1/s1. The molecular formula is C18H23N5O2. The topological polar surface area (TPSA) is 63.5 Å². The number of nitrogens with zero attached hydrogens (tertiary/aromatic N) is 5. The van der Waals surface area contributed by atoms with Crippen LogP contribution in [0.3, 0.4) is 0 Å². The van der Waals surface area contributed by atoms with Crippen molar-refractivity contribution in [3.05, 3.63) is 42.1 Å². The molecule has 2 aliphatic heterocycles. The Kier molecular flexibility index (Phi) is 4.40. The van der Waals surface area contributed by atoms with Crippen LogP contribution in [0.2, 0.25) is 0 Å². The molecule has 1 amide bonds. The van der Waals surface area contributed by atoms with E-state index in [9.17, 15) is 4.79 Å². The van der Waals surface area contributed by atoms with Crippen molar-refractivity contribution in [3.63, 3.8) is 0 Å². The molecule has 4 rings (SSSR count). The molecule has 1 atom stereocenters. The lowest BCUT2D eigenvalue weighted by atomic mass is 10.1. The highest BCUT2D eigenvalue weighted by Crippen LogP contribution is 2.26. The van der Waals surface area contributed by atoms with Gasteiger partial charge in [0.05, 0.1) is 25.2 Å². The number of ether oxygens (including phenoxy) is 1. The molecule has 2 aromatic rings. The Morgan fingerprint density at radius 2 is 2.32 bits per heavy atom. The molecule has 0 unspecified atom stereocenters. The lowest BCUT2D eigenvalue weighted by Crippen LogP contribution is -2.42. The Hall–Kier alpha value is -2.41. The normalized spacial score (nSPS) is 20.8. The van der Waals surface area contributed by atoms with Crippen molar-refractivity contribution in [2.24, 2.45) is 0 Å². The number of likely N-dealkylation sites (tertiary alicyclic amines) is 1. The number of fused-ring (bicyclic) bond motifs is 1. The van der Waals surface area contributed by atoms with E-state index >= 15 is 0 Å². The first-order valence-electron chi connectivity index (χ1n) is 8.73. The SMILES string of the molecule is COc1ncccc1CN1Cc2cncn2[C@@H](CN2CCCC2=O)C1. The summed E-state index contributed by atoms with van der Waals surface area (Å²) in [5, 5.41) is 0. The largest absolute Gasteiger partial charge is 0.481 e. The third kappa shape index (κ3) is 3.24. The van der Waals surface area contributed by atoms with Gasteiger partial charge in [-0.15, -0.1) is 0 Å². The highest BCUT2D eigenvalue weighted by Gasteiger charge is 2.30. The minimum Gasteiger partial charge on any atom is -0.481 e. The van der Waals surface area contributed by atoms with Gasteiger partial charge in [0.1, 0.15) is 0 Å². The summed E-state index contributed by atoms with van der Waals surface area (Å²) in [4.78, 5) is 25.0. The zero-order chi connectivity index (χ0) is 17.2. The number of hydrogen-bond donors (Lipinski definition) is 0. The second kappa shape index (κ2) is 6.84. The van der Waals surface area contributed by atoms with Crippen LogP contribution in [0.1, 0.15) is 30.1 Å². The number of aromatic nitrogens is 3. The van der Waals surface area contributed by atoms with E-state index in [1.807, 2.05) is 23.5 Å². The number of pyridine rings is 1. The Bertz CT molecular complexity index is 759. The summed E-state index contributed by atoms with van der Waals surface area (Å²) < 4.78 is 7.61. The molecule has 0 bridgehead atoms. The van der Waals surface area contributed by atoms with Crippen LogP contribution in [0, 0.1) is 0 Å². The predicted octanol–water partition coefficient (Wildman–Crippen LogP) is 1.47. The first-order chi connectivity index (χ1) is 12.2. The molecule has 132 valence electrons. The summed E-state index contributed by atoms with van der Waals surface area (Å²) in [7, 11) is 1.65. The summed E-state index contributed by atoms with van der Waals surface area (Å²) in [6, 6.07) is 4.22. The lowest BCUT2D eigenvalue weighted by molar-refractivity contribution is -0.128. The number of imidazole rings is 1. The van der Waals surface area contributed by atoms with Gasteiger partial charge in [-0.25, -0.2) is 9.97 Å². The van der Waals surface area contributed by atoms with Crippen molar-refractivity contribution in [3.8, 4) is 5.88 Å². The number of rotatable bonds is 5. The van der Waals surface area contributed by atoms with Gasteiger partial charge in [-0.1, -0.05) is 6.07 Å². The molecule has 0 aliphatic carbocycles. The van der Waals surface area contributed by atoms with Crippen molar-refractivity contribution in [1.29, 1.82) is 0 Å². The fraction of sp³-hybridized carbons (Fsp3) is 0.500. The minimum atomic E-state index is 0.232. The van der Waals surface area contributed by atoms with Gasteiger partial charge in [-0.2, -0.15) is 0 Å². The second-order valence-corrected chi connectivity index (χ2v) is 6.73. The van der Waals surface area contributed by atoms with Gasteiger partial charge in [0.15, 0.2) is 0 Å². The third-order valence-electron chi connectivity index (χ3n) is 5.03. The maximum atomic E-state index is 12.0. The summed E-state index contributed by atoms with van der Waals surface area (Å²) in [6.45, 7) is 4.11. The zero-order valence-corrected chi connectivity index (χ0v) is 14.5. The first-order valence-corrected chi connectivity index (χ1v) is 8.73. The number of carbonyl (C=O) groups excluding carboxylic acids is 1. The van der Waals surface area contributed by atoms with Crippen molar-refractivity contribution >= 4 is 5.91 Å². The van der Waals surface area contributed by atoms with E-state index in [0.717, 1.165) is 44.7 Å². The van der Waals surface area contributed by atoms with E-state index < -0.39 is 0 Å². The zero-order valence-electron chi connectivity index (χ0n) is 14.5. The molecule has 7 heteroatoms. The summed E-state index contributed by atoms with van der Waals surface area (Å²) in [5.74, 6) is 0.945. The average molecular weight is 341 g/mol. The van der Waals surface area contributed by atoms with Crippen molar-refractivity contribution in [2.75, 3.05) is 26.7 Å². The number of hydrogen-bond acceptors (Lipinski definition) is 5. The van der Waals surface area contributed by atoms with E-state index in [1.54, 1.807) is 13.3 Å². The molecule has 7 nitrogen and oxygen atoms in total. The van der Waals surface area contributed by atoms with Crippen LogP contribution in [0.15, 0.2) is 30.9 Å². The van der Waals surface area contributed by atoms with Crippen molar-refractivity contribution in [2.45, 2.75) is 32.0 Å². The molecule has 1 fully saturated rings. The van der Waals surface area contributed by atoms with Crippen molar-refractivity contribution < 1.29 is 9.53 Å². The Balaban J connectivity index is 1.52. The van der Waals surface area contributed by atoms with Gasteiger partial charge in [-0.3, -0.25) is 9.69 Å². The highest BCUT2D eigenvalue weighted by molar-refractivity contribution is 5.78. The Labute approximate surface area is 147 Å². The van der Waals surface area contributed by atoms with Gasteiger partial charge in [0.2, 0.25) is 11.8 Å². The second-order valence-electron chi connectivity index (χ2n) is 6.73. The number of methoxy groups -OCH3 is 1. The van der Waals surface area contributed by atoms with Crippen LogP contribution in [-0.4, -0.2) is 57.0 Å².